The van der Waals surface area contributed by atoms with Crippen LogP contribution in [0.15, 0.2) is 11.6 Å². The Bertz CT molecular complexity index is 196. The number of nitrogens with zero attached hydrogens (tertiary/aromatic N) is 1. The molecule has 1 heterocycles. The summed E-state index contributed by atoms with van der Waals surface area (Å²) in [5, 5.41) is 3.26. The predicted octanol–water partition coefficient (Wildman–Crippen LogP) is 2.20. The van der Waals surface area contributed by atoms with Crippen LogP contribution in [-0.4, -0.2) is 11.0 Å². The van der Waals surface area contributed by atoms with Gasteiger partial charge in [0.2, 0.25) is 0 Å². The summed E-state index contributed by atoms with van der Waals surface area (Å²) in [7, 11) is 0. The molecule has 0 radical (unpaired) electrons. The van der Waals surface area contributed by atoms with Gasteiger partial charge in [-0.05, 0) is 25.7 Å². The molecule has 12 heavy (non-hydrogen) atoms. The van der Waals surface area contributed by atoms with Gasteiger partial charge >= 0.3 is 0 Å². The highest BCUT2D eigenvalue weighted by Crippen LogP contribution is 2.09. The first-order chi connectivity index (χ1) is 5.83. The van der Waals surface area contributed by atoms with Gasteiger partial charge in [0, 0.05) is 17.6 Å². The summed E-state index contributed by atoms with van der Waals surface area (Å²) < 4.78 is 0. The first-order valence-corrected chi connectivity index (χ1v) is 5.35. The molecule has 0 aliphatic carbocycles. The van der Waals surface area contributed by atoms with Crippen LogP contribution in [0.3, 0.4) is 0 Å². The van der Waals surface area contributed by atoms with E-state index in [4.69, 9.17) is 5.73 Å². The summed E-state index contributed by atoms with van der Waals surface area (Å²) in [5.74, 6) is 0. The summed E-state index contributed by atoms with van der Waals surface area (Å²) in [6.07, 6.45) is 6.32. The van der Waals surface area contributed by atoms with E-state index in [-0.39, 0.29) is 0 Å². The zero-order valence-electron chi connectivity index (χ0n) is 7.49. The summed E-state index contributed by atoms with van der Waals surface area (Å²) >= 11 is 1.73. The van der Waals surface area contributed by atoms with Crippen LogP contribution in [0, 0.1) is 0 Å². The van der Waals surface area contributed by atoms with E-state index in [0.717, 1.165) is 19.3 Å². The lowest BCUT2D eigenvalue weighted by Crippen LogP contribution is -2.18. The molecule has 1 aromatic heterocycles. The lowest BCUT2D eigenvalue weighted by Gasteiger charge is -2.06. The van der Waals surface area contributed by atoms with Gasteiger partial charge in [0.05, 0.1) is 5.01 Å². The van der Waals surface area contributed by atoms with E-state index in [1.54, 1.807) is 11.3 Å². The molecule has 1 atom stereocenters. The largest absolute Gasteiger partial charge is 0.328 e. The Kier molecular flexibility index (Phi) is 4.25. The SMILES string of the molecule is CCC(N)CCCc1nccs1. The molecule has 0 aliphatic rings. The molecule has 0 aliphatic heterocycles. The number of aryl methyl sites for hydroxylation is 1. The van der Waals surface area contributed by atoms with Crippen LogP contribution in [0.1, 0.15) is 31.2 Å². The topological polar surface area (TPSA) is 38.9 Å². The Morgan fingerprint density at radius 1 is 1.67 bits per heavy atom. The van der Waals surface area contributed by atoms with Crippen molar-refractivity contribution in [2.45, 2.75) is 38.6 Å². The van der Waals surface area contributed by atoms with Gasteiger partial charge in [-0.3, -0.25) is 0 Å². The second-order valence-corrected chi connectivity index (χ2v) is 3.97. The maximum atomic E-state index is 5.80. The minimum atomic E-state index is 0.380. The number of rotatable bonds is 5. The maximum Gasteiger partial charge on any atom is 0.0924 e. The number of nitrogens with two attached hydrogens (primary N) is 1. The van der Waals surface area contributed by atoms with Crippen molar-refractivity contribution < 1.29 is 0 Å². The average molecular weight is 184 g/mol. The van der Waals surface area contributed by atoms with Gasteiger partial charge in [0.1, 0.15) is 0 Å². The van der Waals surface area contributed by atoms with Gasteiger partial charge in [-0.2, -0.15) is 0 Å². The van der Waals surface area contributed by atoms with Crippen LogP contribution < -0.4 is 5.73 Å². The molecule has 0 spiro atoms. The van der Waals surface area contributed by atoms with Gasteiger partial charge in [0.15, 0.2) is 0 Å². The quantitative estimate of drug-likeness (QED) is 0.762. The highest BCUT2D eigenvalue weighted by Gasteiger charge is 2.00. The Hall–Kier alpha value is -0.410. The van der Waals surface area contributed by atoms with Gasteiger partial charge < -0.3 is 5.73 Å². The monoisotopic (exact) mass is 184 g/mol. The minimum absolute atomic E-state index is 0.380. The van der Waals surface area contributed by atoms with E-state index >= 15 is 0 Å². The number of aromatic nitrogens is 1. The van der Waals surface area contributed by atoms with E-state index in [2.05, 4.69) is 11.9 Å². The van der Waals surface area contributed by atoms with Crippen LogP contribution >= 0.6 is 11.3 Å². The van der Waals surface area contributed by atoms with Crippen molar-refractivity contribution in [1.29, 1.82) is 0 Å². The fourth-order valence-corrected chi connectivity index (χ4v) is 1.76. The van der Waals surface area contributed by atoms with E-state index in [1.165, 1.54) is 11.4 Å². The minimum Gasteiger partial charge on any atom is -0.328 e. The molecule has 3 heteroatoms. The van der Waals surface area contributed by atoms with Crippen molar-refractivity contribution in [2.24, 2.45) is 5.73 Å². The zero-order valence-corrected chi connectivity index (χ0v) is 8.31. The molecule has 0 saturated carbocycles. The van der Waals surface area contributed by atoms with Crippen LogP contribution in [0.25, 0.3) is 0 Å². The maximum absolute atomic E-state index is 5.80. The standard InChI is InChI=1S/C9H16N2S/c1-2-8(10)4-3-5-9-11-6-7-12-9/h6-8H,2-5,10H2,1H3. The number of hydrogen-bond acceptors (Lipinski definition) is 3. The van der Waals surface area contributed by atoms with E-state index in [9.17, 15) is 0 Å². The zero-order chi connectivity index (χ0) is 8.81. The number of hydrogen-bond donors (Lipinski definition) is 1. The Balaban J connectivity index is 2.11. The second-order valence-electron chi connectivity index (χ2n) is 2.99. The van der Waals surface area contributed by atoms with Crippen molar-refractivity contribution in [2.75, 3.05) is 0 Å². The molecule has 0 aromatic carbocycles. The summed E-state index contributed by atoms with van der Waals surface area (Å²) in [6, 6.07) is 0.380. The lowest BCUT2D eigenvalue weighted by atomic mass is 10.1. The fourth-order valence-electron chi connectivity index (χ4n) is 1.10. The molecule has 0 bridgehead atoms. The first-order valence-electron chi connectivity index (χ1n) is 4.47. The van der Waals surface area contributed by atoms with E-state index in [1.807, 2.05) is 11.6 Å². The third kappa shape index (κ3) is 3.32. The molecule has 0 saturated heterocycles. The molecule has 1 rings (SSSR count). The Morgan fingerprint density at radius 3 is 3.08 bits per heavy atom. The van der Waals surface area contributed by atoms with Crippen molar-refractivity contribution >= 4 is 11.3 Å². The molecule has 0 amide bonds. The van der Waals surface area contributed by atoms with Crippen LogP contribution in [0.4, 0.5) is 0 Å². The second kappa shape index (κ2) is 5.27. The summed E-state index contributed by atoms with van der Waals surface area (Å²) in [6.45, 7) is 2.13. The Morgan fingerprint density at radius 2 is 2.50 bits per heavy atom. The highest BCUT2D eigenvalue weighted by molar-refractivity contribution is 7.09. The molecule has 2 N–H and O–H groups in total. The van der Waals surface area contributed by atoms with Crippen molar-refractivity contribution in [3.05, 3.63) is 16.6 Å². The smallest absolute Gasteiger partial charge is 0.0924 e. The molecular weight excluding hydrogens is 168 g/mol. The fraction of sp³-hybridized carbons (Fsp3) is 0.667. The van der Waals surface area contributed by atoms with Crippen molar-refractivity contribution in [3.63, 3.8) is 0 Å². The van der Waals surface area contributed by atoms with E-state index in [0.29, 0.717) is 6.04 Å². The molecule has 68 valence electrons. The molecule has 0 fully saturated rings. The number of thiazole rings is 1. The van der Waals surface area contributed by atoms with Crippen LogP contribution in [0.5, 0.6) is 0 Å². The molecular formula is C9H16N2S. The predicted molar refractivity (Wildman–Crippen MR) is 53.3 cm³/mol. The normalized spacial score (nSPS) is 13.2. The van der Waals surface area contributed by atoms with Gasteiger partial charge in [-0.1, -0.05) is 6.92 Å². The van der Waals surface area contributed by atoms with Gasteiger partial charge in [-0.25, -0.2) is 4.98 Å². The van der Waals surface area contributed by atoms with E-state index < -0.39 is 0 Å². The molecule has 1 aromatic rings. The van der Waals surface area contributed by atoms with Crippen molar-refractivity contribution in [3.8, 4) is 0 Å². The van der Waals surface area contributed by atoms with Gasteiger partial charge in [-0.15, -0.1) is 11.3 Å². The van der Waals surface area contributed by atoms with Gasteiger partial charge in [0.25, 0.3) is 0 Å². The highest BCUT2D eigenvalue weighted by atomic mass is 32.1. The third-order valence-corrected chi connectivity index (χ3v) is 2.81. The van der Waals surface area contributed by atoms with Crippen molar-refractivity contribution in [1.82, 2.24) is 4.98 Å². The first kappa shape index (κ1) is 9.68. The molecule has 2 nitrogen and oxygen atoms in total. The Labute approximate surface area is 77.8 Å². The lowest BCUT2D eigenvalue weighted by molar-refractivity contribution is 0.567. The third-order valence-electron chi connectivity index (χ3n) is 1.97. The van der Waals surface area contributed by atoms with Crippen LogP contribution in [0.2, 0.25) is 0 Å². The molecule has 1 unspecified atom stereocenters. The summed E-state index contributed by atoms with van der Waals surface area (Å²) in [5.41, 5.74) is 5.80. The van der Waals surface area contributed by atoms with Crippen LogP contribution in [-0.2, 0) is 6.42 Å². The summed E-state index contributed by atoms with van der Waals surface area (Å²) in [4.78, 5) is 4.22. The average Bonchev–Trinajstić information content (AvgIpc) is 2.57.